The monoisotopic (exact) mass is 371 g/mol. The number of amides is 1. The van der Waals surface area contributed by atoms with Crippen LogP contribution in [0.2, 0.25) is 0 Å². The first-order chi connectivity index (χ1) is 12.6. The van der Waals surface area contributed by atoms with Crippen molar-refractivity contribution in [3.63, 3.8) is 0 Å². The fourth-order valence-electron chi connectivity index (χ4n) is 3.27. The summed E-state index contributed by atoms with van der Waals surface area (Å²) in [5.74, 6) is 1.06. The molecular weight excluding hydrogens is 346 g/mol. The minimum atomic E-state index is 0.0551. The van der Waals surface area contributed by atoms with Gasteiger partial charge in [-0.25, -0.2) is 4.68 Å². The Balaban J connectivity index is 1.54. The van der Waals surface area contributed by atoms with E-state index in [2.05, 4.69) is 21.9 Å². The fourth-order valence-corrected chi connectivity index (χ4v) is 3.58. The minimum absolute atomic E-state index is 0.0551. The van der Waals surface area contributed by atoms with E-state index in [-0.39, 0.29) is 11.8 Å². The number of aromatic nitrogens is 3. The predicted molar refractivity (Wildman–Crippen MR) is 105 cm³/mol. The highest BCUT2D eigenvalue weighted by Gasteiger charge is 2.25. The Kier molecular flexibility index (Phi) is 6.00. The van der Waals surface area contributed by atoms with Gasteiger partial charge in [-0.1, -0.05) is 24.3 Å². The molecule has 0 saturated carbocycles. The second kappa shape index (κ2) is 8.42. The van der Waals surface area contributed by atoms with Gasteiger partial charge in [0, 0.05) is 31.2 Å². The van der Waals surface area contributed by atoms with Crippen molar-refractivity contribution in [2.24, 2.45) is 5.92 Å². The molecule has 1 aliphatic heterocycles. The zero-order chi connectivity index (χ0) is 18.5. The molecule has 1 aliphatic rings. The largest absolute Gasteiger partial charge is 0.326 e. The highest BCUT2D eigenvalue weighted by molar-refractivity contribution is 7.71. The number of hydrogen-bond donors (Lipinski definition) is 1. The van der Waals surface area contributed by atoms with Crippen LogP contribution in [0.1, 0.15) is 18.7 Å². The number of anilines is 1. The number of benzene rings is 1. The lowest BCUT2D eigenvalue weighted by Crippen LogP contribution is -2.39. The van der Waals surface area contributed by atoms with E-state index in [1.54, 1.807) is 0 Å². The number of aryl methyl sites for hydroxylation is 1. The third-order valence-corrected chi connectivity index (χ3v) is 5.18. The SMILES string of the molecule is C=CCn1c(C)nn(CN2CCC(C(=O)Nc3ccccc3)CC2)c1=S. The predicted octanol–water partition coefficient (Wildman–Crippen LogP) is 3.22. The maximum Gasteiger partial charge on any atom is 0.227 e. The lowest BCUT2D eigenvalue weighted by molar-refractivity contribution is -0.121. The van der Waals surface area contributed by atoms with E-state index < -0.39 is 0 Å². The zero-order valence-electron chi connectivity index (χ0n) is 15.1. The van der Waals surface area contributed by atoms with E-state index in [1.165, 1.54) is 0 Å². The molecule has 3 rings (SSSR count). The van der Waals surface area contributed by atoms with Gasteiger partial charge in [0.2, 0.25) is 5.91 Å². The molecule has 0 spiro atoms. The van der Waals surface area contributed by atoms with Crippen LogP contribution in [0.15, 0.2) is 43.0 Å². The molecule has 0 radical (unpaired) electrons. The molecule has 1 N–H and O–H groups in total. The van der Waals surface area contributed by atoms with E-state index in [0.717, 1.165) is 37.4 Å². The van der Waals surface area contributed by atoms with E-state index >= 15 is 0 Å². The Morgan fingerprint density at radius 2 is 2.04 bits per heavy atom. The third kappa shape index (κ3) is 4.28. The van der Waals surface area contributed by atoms with Crippen LogP contribution in [0, 0.1) is 17.6 Å². The van der Waals surface area contributed by atoms with Crippen molar-refractivity contribution in [3.05, 3.63) is 53.6 Å². The quantitative estimate of drug-likeness (QED) is 0.626. The molecule has 0 atom stereocenters. The van der Waals surface area contributed by atoms with Crippen LogP contribution in [-0.2, 0) is 18.0 Å². The molecule has 0 unspecified atom stereocenters. The summed E-state index contributed by atoms with van der Waals surface area (Å²) >= 11 is 5.51. The van der Waals surface area contributed by atoms with Crippen molar-refractivity contribution in [2.45, 2.75) is 33.0 Å². The van der Waals surface area contributed by atoms with Gasteiger partial charge in [-0.2, -0.15) is 5.10 Å². The molecule has 2 aromatic rings. The summed E-state index contributed by atoms with van der Waals surface area (Å²) in [5, 5.41) is 7.55. The first-order valence-corrected chi connectivity index (χ1v) is 9.32. The number of nitrogens with one attached hydrogen (secondary N) is 1. The summed E-state index contributed by atoms with van der Waals surface area (Å²) in [7, 11) is 0. The summed E-state index contributed by atoms with van der Waals surface area (Å²) in [4.78, 5) is 14.7. The van der Waals surface area contributed by atoms with E-state index in [1.807, 2.05) is 52.6 Å². The van der Waals surface area contributed by atoms with Gasteiger partial charge in [0.1, 0.15) is 5.82 Å². The van der Waals surface area contributed by atoms with Crippen molar-refractivity contribution in [3.8, 4) is 0 Å². The first kappa shape index (κ1) is 18.5. The fraction of sp³-hybridized carbons (Fsp3) is 0.421. The molecule has 1 fully saturated rings. The number of piperidine rings is 1. The van der Waals surface area contributed by atoms with Crippen molar-refractivity contribution >= 4 is 23.8 Å². The topological polar surface area (TPSA) is 55.1 Å². The first-order valence-electron chi connectivity index (χ1n) is 8.92. The lowest BCUT2D eigenvalue weighted by atomic mass is 9.96. The van der Waals surface area contributed by atoms with Crippen LogP contribution in [0.3, 0.4) is 0 Å². The standard InChI is InChI=1S/C19H25N5OS/c1-3-11-23-15(2)21-24(19(23)26)14-22-12-9-16(10-13-22)18(25)20-17-7-5-4-6-8-17/h3-8,16H,1,9-14H2,2H3,(H,20,25). The van der Waals surface area contributed by atoms with Gasteiger partial charge in [-0.3, -0.25) is 9.69 Å². The van der Waals surface area contributed by atoms with Gasteiger partial charge in [-0.05, 0) is 44.1 Å². The number of rotatable bonds is 6. The highest BCUT2D eigenvalue weighted by atomic mass is 32.1. The van der Waals surface area contributed by atoms with Crippen LogP contribution in [0.4, 0.5) is 5.69 Å². The number of carbonyl (C=O) groups is 1. The van der Waals surface area contributed by atoms with Crippen LogP contribution in [-0.4, -0.2) is 38.2 Å². The number of hydrogen-bond acceptors (Lipinski definition) is 4. The van der Waals surface area contributed by atoms with Crippen molar-refractivity contribution in [2.75, 3.05) is 18.4 Å². The van der Waals surface area contributed by atoms with Gasteiger partial charge in [0.05, 0.1) is 6.67 Å². The Morgan fingerprint density at radius 1 is 1.35 bits per heavy atom. The summed E-state index contributed by atoms with van der Waals surface area (Å²) in [6.45, 7) is 8.78. The molecule has 138 valence electrons. The summed E-state index contributed by atoms with van der Waals surface area (Å²) < 4.78 is 4.55. The Hall–Kier alpha value is -2.25. The highest BCUT2D eigenvalue weighted by Crippen LogP contribution is 2.20. The summed E-state index contributed by atoms with van der Waals surface area (Å²) in [5.41, 5.74) is 0.856. The number of para-hydroxylation sites is 1. The Bertz CT molecular complexity index is 818. The molecule has 6 nitrogen and oxygen atoms in total. The molecule has 1 aromatic heterocycles. The Labute approximate surface area is 159 Å². The van der Waals surface area contributed by atoms with Crippen molar-refractivity contribution in [1.82, 2.24) is 19.2 Å². The average molecular weight is 372 g/mol. The summed E-state index contributed by atoms with van der Waals surface area (Å²) in [6, 6.07) is 9.62. The van der Waals surface area contributed by atoms with Crippen LogP contribution in [0.25, 0.3) is 0 Å². The maximum absolute atomic E-state index is 12.4. The minimum Gasteiger partial charge on any atom is -0.326 e. The number of likely N-dealkylation sites (tertiary alicyclic amines) is 1. The maximum atomic E-state index is 12.4. The lowest BCUT2D eigenvalue weighted by Gasteiger charge is -2.30. The van der Waals surface area contributed by atoms with Crippen LogP contribution >= 0.6 is 12.2 Å². The third-order valence-electron chi connectivity index (χ3n) is 4.75. The number of carbonyl (C=O) groups excluding carboxylic acids is 1. The van der Waals surface area contributed by atoms with E-state index in [9.17, 15) is 4.79 Å². The second-order valence-electron chi connectivity index (χ2n) is 6.62. The molecule has 7 heteroatoms. The molecule has 0 bridgehead atoms. The molecular formula is C19H25N5OS. The smallest absolute Gasteiger partial charge is 0.227 e. The van der Waals surface area contributed by atoms with E-state index in [0.29, 0.717) is 18.0 Å². The van der Waals surface area contributed by atoms with Crippen LogP contribution < -0.4 is 5.32 Å². The Morgan fingerprint density at radius 3 is 2.69 bits per heavy atom. The van der Waals surface area contributed by atoms with Gasteiger partial charge < -0.3 is 9.88 Å². The van der Waals surface area contributed by atoms with Gasteiger partial charge in [0.15, 0.2) is 4.77 Å². The van der Waals surface area contributed by atoms with E-state index in [4.69, 9.17) is 12.2 Å². The van der Waals surface area contributed by atoms with Crippen molar-refractivity contribution in [1.29, 1.82) is 0 Å². The van der Waals surface area contributed by atoms with Crippen molar-refractivity contribution < 1.29 is 4.79 Å². The average Bonchev–Trinajstić information content (AvgIpc) is 2.91. The summed E-state index contributed by atoms with van der Waals surface area (Å²) in [6.07, 6.45) is 3.52. The normalized spacial score (nSPS) is 15.7. The van der Waals surface area contributed by atoms with Gasteiger partial charge in [0.25, 0.3) is 0 Å². The molecule has 1 saturated heterocycles. The van der Waals surface area contributed by atoms with Crippen LogP contribution in [0.5, 0.6) is 0 Å². The number of nitrogens with zero attached hydrogens (tertiary/aromatic N) is 4. The molecule has 26 heavy (non-hydrogen) atoms. The number of allylic oxidation sites excluding steroid dienone is 1. The van der Waals surface area contributed by atoms with Gasteiger partial charge in [-0.15, -0.1) is 6.58 Å². The molecule has 0 aliphatic carbocycles. The van der Waals surface area contributed by atoms with Gasteiger partial charge >= 0.3 is 0 Å². The second-order valence-corrected chi connectivity index (χ2v) is 6.98. The molecule has 1 amide bonds. The molecule has 2 heterocycles. The molecule has 1 aromatic carbocycles. The zero-order valence-corrected chi connectivity index (χ0v) is 15.9.